The van der Waals surface area contributed by atoms with Gasteiger partial charge in [-0.05, 0) is 18.2 Å². The predicted molar refractivity (Wildman–Crippen MR) is 54.8 cm³/mol. The van der Waals surface area contributed by atoms with E-state index < -0.39 is 12.7 Å². The molecule has 1 atom stereocenters. The van der Waals surface area contributed by atoms with E-state index >= 15 is 0 Å². The summed E-state index contributed by atoms with van der Waals surface area (Å²) in [7, 11) is 3.38. The standard InChI is InChI=1S/C10H12F2N2O/c1-13-6-3-4-8-7(5-6)14(2)10(15-8)9(11)12/h3-5,9-10,13H,1-2H3. The van der Waals surface area contributed by atoms with Crippen molar-refractivity contribution >= 4 is 11.4 Å². The van der Waals surface area contributed by atoms with Crippen molar-refractivity contribution in [2.24, 2.45) is 0 Å². The fourth-order valence-electron chi connectivity index (χ4n) is 1.61. The predicted octanol–water partition coefficient (Wildman–Crippen LogP) is 2.15. The van der Waals surface area contributed by atoms with Gasteiger partial charge in [0.2, 0.25) is 6.23 Å². The van der Waals surface area contributed by atoms with E-state index in [1.165, 1.54) is 4.90 Å². The second-order valence-electron chi connectivity index (χ2n) is 3.39. The van der Waals surface area contributed by atoms with Crippen LogP contribution in [0.3, 0.4) is 0 Å². The molecule has 3 nitrogen and oxygen atoms in total. The van der Waals surface area contributed by atoms with Crippen molar-refractivity contribution in [2.45, 2.75) is 12.7 Å². The van der Waals surface area contributed by atoms with Crippen LogP contribution in [0.5, 0.6) is 5.75 Å². The molecule has 1 aliphatic rings. The molecule has 0 saturated carbocycles. The molecule has 0 fully saturated rings. The summed E-state index contributed by atoms with van der Waals surface area (Å²) in [5.41, 5.74) is 1.56. The van der Waals surface area contributed by atoms with Gasteiger partial charge in [-0.3, -0.25) is 0 Å². The van der Waals surface area contributed by atoms with E-state index in [9.17, 15) is 8.78 Å². The molecule has 2 rings (SSSR count). The number of benzene rings is 1. The van der Waals surface area contributed by atoms with Crippen LogP contribution in [0.15, 0.2) is 18.2 Å². The summed E-state index contributed by atoms with van der Waals surface area (Å²) in [4.78, 5) is 1.45. The van der Waals surface area contributed by atoms with Gasteiger partial charge < -0.3 is 15.0 Å². The molecule has 0 saturated heterocycles. The third kappa shape index (κ3) is 1.58. The van der Waals surface area contributed by atoms with E-state index in [1.807, 2.05) is 0 Å². The van der Waals surface area contributed by atoms with Crippen LogP contribution in [0.25, 0.3) is 0 Å². The van der Waals surface area contributed by atoms with Crippen molar-refractivity contribution in [3.8, 4) is 5.75 Å². The Labute approximate surface area is 86.6 Å². The molecule has 5 heteroatoms. The number of fused-ring (bicyclic) bond motifs is 1. The quantitative estimate of drug-likeness (QED) is 0.816. The van der Waals surface area contributed by atoms with Gasteiger partial charge >= 0.3 is 0 Å². The number of nitrogens with zero attached hydrogens (tertiary/aromatic N) is 1. The lowest BCUT2D eigenvalue weighted by Crippen LogP contribution is -2.37. The summed E-state index contributed by atoms with van der Waals surface area (Å²) in [5.74, 6) is 0.502. The van der Waals surface area contributed by atoms with E-state index in [0.717, 1.165) is 5.69 Å². The average molecular weight is 214 g/mol. The molecule has 0 amide bonds. The van der Waals surface area contributed by atoms with Crippen molar-refractivity contribution < 1.29 is 13.5 Å². The number of anilines is 2. The first-order valence-electron chi connectivity index (χ1n) is 4.63. The smallest absolute Gasteiger partial charge is 0.293 e. The van der Waals surface area contributed by atoms with E-state index in [4.69, 9.17) is 4.74 Å². The van der Waals surface area contributed by atoms with Gasteiger partial charge in [0.15, 0.2) is 0 Å². The first kappa shape index (κ1) is 10.0. The fraction of sp³-hybridized carbons (Fsp3) is 0.400. The van der Waals surface area contributed by atoms with Crippen LogP contribution < -0.4 is 15.0 Å². The molecule has 1 unspecified atom stereocenters. The molecule has 1 aromatic carbocycles. The molecular formula is C10H12F2N2O. The Kier molecular flexibility index (Phi) is 2.38. The summed E-state index contributed by atoms with van der Waals surface area (Å²) in [6, 6.07) is 5.28. The molecule has 1 aliphatic heterocycles. The Bertz CT molecular complexity index is 370. The van der Waals surface area contributed by atoms with Gasteiger partial charge in [0.25, 0.3) is 6.43 Å². The van der Waals surface area contributed by atoms with Crippen molar-refractivity contribution in [1.29, 1.82) is 0 Å². The highest BCUT2D eigenvalue weighted by atomic mass is 19.3. The molecule has 0 spiro atoms. The Balaban J connectivity index is 2.33. The molecule has 1 N–H and O–H groups in total. The molecule has 0 bridgehead atoms. The molecular weight excluding hydrogens is 202 g/mol. The number of hydrogen-bond acceptors (Lipinski definition) is 3. The van der Waals surface area contributed by atoms with Crippen molar-refractivity contribution in [3.63, 3.8) is 0 Å². The van der Waals surface area contributed by atoms with Gasteiger partial charge in [0.1, 0.15) is 5.75 Å². The first-order chi connectivity index (χ1) is 7.13. The summed E-state index contributed by atoms with van der Waals surface area (Å²) >= 11 is 0. The van der Waals surface area contributed by atoms with Gasteiger partial charge in [-0.2, -0.15) is 0 Å². The largest absolute Gasteiger partial charge is 0.462 e. The maximum absolute atomic E-state index is 12.6. The van der Waals surface area contributed by atoms with Crippen molar-refractivity contribution in [1.82, 2.24) is 0 Å². The SMILES string of the molecule is CNc1ccc2c(c1)N(C)C(C(F)F)O2. The molecule has 1 heterocycles. The zero-order valence-electron chi connectivity index (χ0n) is 8.50. The molecule has 15 heavy (non-hydrogen) atoms. The highest BCUT2D eigenvalue weighted by Crippen LogP contribution is 2.39. The molecule has 1 aromatic rings. The van der Waals surface area contributed by atoms with Crippen molar-refractivity contribution in [3.05, 3.63) is 18.2 Å². The number of hydrogen-bond donors (Lipinski definition) is 1. The van der Waals surface area contributed by atoms with Crippen LogP contribution in [0, 0.1) is 0 Å². The second-order valence-corrected chi connectivity index (χ2v) is 3.39. The summed E-state index contributed by atoms with van der Waals surface area (Å²) in [6.07, 6.45) is -3.69. The minimum atomic E-state index is -2.51. The van der Waals surface area contributed by atoms with E-state index in [2.05, 4.69) is 5.32 Å². The minimum absolute atomic E-state index is 0.502. The lowest BCUT2D eigenvalue weighted by atomic mass is 10.2. The number of rotatable bonds is 2. The Morgan fingerprint density at radius 2 is 2.20 bits per heavy atom. The Hall–Kier alpha value is -1.52. The fourth-order valence-corrected chi connectivity index (χ4v) is 1.61. The summed E-state index contributed by atoms with van der Waals surface area (Å²) in [5, 5.41) is 2.95. The molecule has 82 valence electrons. The zero-order chi connectivity index (χ0) is 11.0. The summed E-state index contributed by atoms with van der Waals surface area (Å²) in [6.45, 7) is 0. The lowest BCUT2D eigenvalue weighted by Gasteiger charge is -2.19. The number of ether oxygens (including phenoxy) is 1. The van der Waals surface area contributed by atoms with Gasteiger partial charge in [-0.1, -0.05) is 0 Å². The van der Waals surface area contributed by atoms with Crippen molar-refractivity contribution in [2.75, 3.05) is 24.3 Å². The van der Waals surface area contributed by atoms with E-state index in [0.29, 0.717) is 11.4 Å². The van der Waals surface area contributed by atoms with E-state index in [1.54, 1.807) is 32.3 Å². The number of nitrogens with one attached hydrogen (secondary N) is 1. The highest BCUT2D eigenvalue weighted by Gasteiger charge is 2.35. The maximum Gasteiger partial charge on any atom is 0.293 e. The summed E-state index contributed by atoms with van der Waals surface area (Å²) < 4.78 is 30.2. The molecule has 0 radical (unpaired) electrons. The third-order valence-electron chi connectivity index (χ3n) is 2.47. The van der Waals surface area contributed by atoms with Gasteiger partial charge in [0, 0.05) is 19.8 Å². The topological polar surface area (TPSA) is 24.5 Å². The van der Waals surface area contributed by atoms with Gasteiger partial charge in [0.05, 0.1) is 5.69 Å². The number of halogens is 2. The Morgan fingerprint density at radius 1 is 1.47 bits per heavy atom. The van der Waals surface area contributed by atoms with Crippen LogP contribution >= 0.6 is 0 Å². The average Bonchev–Trinajstić information content (AvgIpc) is 2.56. The first-order valence-corrected chi connectivity index (χ1v) is 4.63. The van der Waals surface area contributed by atoms with Crippen LogP contribution in [-0.4, -0.2) is 26.7 Å². The van der Waals surface area contributed by atoms with Crippen LogP contribution in [0.1, 0.15) is 0 Å². The van der Waals surface area contributed by atoms with Crippen LogP contribution in [-0.2, 0) is 0 Å². The number of alkyl halides is 2. The van der Waals surface area contributed by atoms with Gasteiger partial charge in [-0.15, -0.1) is 0 Å². The van der Waals surface area contributed by atoms with Crippen LogP contribution in [0.4, 0.5) is 20.2 Å². The highest BCUT2D eigenvalue weighted by molar-refractivity contribution is 5.68. The minimum Gasteiger partial charge on any atom is -0.462 e. The molecule has 0 aliphatic carbocycles. The second kappa shape index (κ2) is 3.56. The maximum atomic E-state index is 12.6. The third-order valence-corrected chi connectivity index (χ3v) is 2.47. The lowest BCUT2D eigenvalue weighted by molar-refractivity contribution is 0.0238. The normalized spacial score (nSPS) is 19.0. The van der Waals surface area contributed by atoms with Gasteiger partial charge in [-0.25, -0.2) is 8.78 Å². The van der Waals surface area contributed by atoms with Crippen LogP contribution in [0.2, 0.25) is 0 Å². The zero-order valence-corrected chi connectivity index (χ0v) is 8.50. The van der Waals surface area contributed by atoms with E-state index in [-0.39, 0.29) is 0 Å². The molecule has 0 aromatic heterocycles. The Morgan fingerprint density at radius 3 is 2.80 bits per heavy atom. The monoisotopic (exact) mass is 214 g/mol.